The predicted molar refractivity (Wildman–Crippen MR) is 139 cm³/mol. The molecule has 0 aliphatic carbocycles. The molecule has 4 aromatic carbocycles. The summed E-state index contributed by atoms with van der Waals surface area (Å²) in [6, 6.07) is 20.9. The molecule has 0 aromatic heterocycles. The van der Waals surface area contributed by atoms with Crippen LogP contribution in [0.1, 0.15) is 26.3 Å². The summed E-state index contributed by atoms with van der Waals surface area (Å²) in [6.45, 7) is 0. The minimum absolute atomic E-state index is 0.0203. The quantitative estimate of drug-likeness (QED) is 0.248. The van der Waals surface area contributed by atoms with Gasteiger partial charge in [0.2, 0.25) is 15.9 Å². The van der Waals surface area contributed by atoms with Gasteiger partial charge in [-0.15, -0.1) is 0 Å². The van der Waals surface area contributed by atoms with Crippen LogP contribution in [0, 0.1) is 0 Å². The van der Waals surface area contributed by atoms with Crippen LogP contribution in [0.2, 0.25) is 0 Å². The molecule has 0 saturated carbocycles. The third-order valence-electron chi connectivity index (χ3n) is 5.35. The molecule has 37 heavy (non-hydrogen) atoms. The number of fused-ring (bicyclic) bond motifs is 1. The Morgan fingerprint density at radius 1 is 0.811 bits per heavy atom. The number of anilines is 2. The van der Waals surface area contributed by atoms with Crippen molar-refractivity contribution in [2.45, 2.75) is 10.6 Å². The molecule has 4 aromatic rings. The fourth-order valence-electron chi connectivity index (χ4n) is 3.69. The molecule has 0 fully saturated rings. The molecular weight excluding hydrogens is 518 g/mol. The summed E-state index contributed by atoms with van der Waals surface area (Å²) in [7, 11) is -8.29. The number of hydrogen-bond donors (Lipinski definition) is 4. The van der Waals surface area contributed by atoms with E-state index in [0.29, 0.717) is 22.0 Å². The van der Waals surface area contributed by atoms with Crippen LogP contribution in [0.25, 0.3) is 10.8 Å². The van der Waals surface area contributed by atoms with Crippen molar-refractivity contribution in [1.29, 1.82) is 0 Å². The second-order valence-electron chi connectivity index (χ2n) is 8.13. The van der Waals surface area contributed by atoms with E-state index in [2.05, 4.69) is 10.0 Å². The first-order valence-corrected chi connectivity index (χ1v) is 13.8. The molecule has 0 heterocycles. The van der Waals surface area contributed by atoms with Crippen LogP contribution in [0.4, 0.5) is 11.4 Å². The minimum Gasteiger partial charge on any atom is -0.366 e. The lowest BCUT2D eigenvalue weighted by Gasteiger charge is -2.13. The van der Waals surface area contributed by atoms with Gasteiger partial charge in [-0.2, -0.15) is 8.42 Å². The molecule has 2 amide bonds. The number of amides is 2. The highest BCUT2D eigenvalue weighted by Crippen LogP contribution is 2.27. The molecule has 10 nitrogen and oxygen atoms in total. The summed E-state index contributed by atoms with van der Waals surface area (Å²) in [4.78, 5) is 24.7. The average Bonchev–Trinajstić information content (AvgIpc) is 2.83. The van der Waals surface area contributed by atoms with Gasteiger partial charge in [0.1, 0.15) is 0 Å². The molecule has 0 bridgehead atoms. The third-order valence-corrected chi connectivity index (χ3v) is 7.46. The Balaban J connectivity index is 1.64. The van der Waals surface area contributed by atoms with E-state index < -0.39 is 32.0 Å². The van der Waals surface area contributed by atoms with Gasteiger partial charge in [-0.3, -0.25) is 18.9 Å². The van der Waals surface area contributed by atoms with Gasteiger partial charge < -0.3 is 11.1 Å². The number of hydrogen-bond acceptors (Lipinski definition) is 6. The van der Waals surface area contributed by atoms with Crippen molar-refractivity contribution >= 4 is 54.1 Å². The Bertz CT molecular complexity index is 1740. The van der Waals surface area contributed by atoms with Gasteiger partial charge in [-0.05, 0) is 47.3 Å². The van der Waals surface area contributed by atoms with Crippen LogP contribution in [-0.4, -0.2) is 33.2 Å². The van der Waals surface area contributed by atoms with E-state index in [-0.39, 0.29) is 27.5 Å². The zero-order chi connectivity index (χ0) is 26.8. The first-order chi connectivity index (χ1) is 17.4. The van der Waals surface area contributed by atoms with Crippen molar-refractivity contribution in [2.75, 3.05) is 10.0 Å². The number of nitrogens with one attached hydrogen (secondary N) is 2. The number of sulfonamides is 1. The Morgan fingerprint density at radius 2 is 1.51 bits per heavy atom. The van der Waals surface area contributed by atoms with Gasteiger partial charge in [0.05, 0.1) is 16.3 Å². The van der Waals surface area contributed by atoms with Gasteiger partial charge in [-0.1, -0.05) is 48.5 Å². The van der Waals surface area contributed by atoms with Crippen molar-refractivity contribution in [3.05, 3.63) is 102 Å². The van der Waals surface area contributed by atoms with Gasteiger partial charge in [-0.25, -0.2) is 8.42 Å². The molecule has 0 unspecified atom stereocenters. The van der Waals surface area contributed by atoms with Gasteiger partial charge in [0, 0.05) is 22.2 Å². The fourth-order valence-corrected chi connectivity index (χ4v) is 5.39. The number of primary amides is 1. The second kappa shape index (κ2) is 10.0. The van der Waals surface area contributed by atoms with E-state index in [9.17, 15) is 31.0 Å². The molecule has 5 N–H and O–H groups in total. The van der Waals surface area contributed by atoms with Crippen LogP contribution >= 0.6 is 0 Å². The molecule has 190 valence electrons. The van der Waals surface area contributed by atoms with Crippen LogP contribution in [0.3, 0.4) is 0 Å². The summed E-state index contributed by atoms with van der Waals surface area (Å²) >= 11 is 0. The summed E-state index contributed by atoms with van der Waals surface area (Å²) in [5, 5.41) is 3.60. The zero-order valence-electron chi connectivity index (χ0n) is 19.1. The second-order valence-corrected chi connectivity index (χ2v) is 11.3. The molecule has 4 rings (SSSR count). The molecule has 0 radical (unpaired) electrons. The number of carbonyl (C=O) groups is 2. The Morgan fingerprint density at radius 3 is 2.19 bits per heavy atom. The summed E-state index contributed by atoms with van der Waals surface area (Å²) in [5.74, 6) is -1.85. The van der Waals surface area contributed by atoms with Crippen molar-refractivity contribution in [1.82, 2.24) is 0 Å². The fraction of sp³-hybridized carbons (Fsp3) is 0.0400. The van der Waals surface area contributed by atoms with Gasteiger partial charge in [0.25, 0.3) is 16.0 Å². The third kappa shape index (κ3) is 6.30. The van der Waals surface area contributed by atoms with E-state index in [1.807, 2.05) is 0 Å². The molecule has 0 atom stereocenters. The van der Waals surface area contributed by atoms with Crippen molar-refractivity contribution in [3.63, 3.8) is 0 Å². The number of benzene rings is 4. The molecule has 0 spiro atoms. The summed E-state index contributed by atoms with van der Waals surface area (Å²) in [6.07, 6.45) is 0. The minimum atomic E-state index is -4.41. The Kier molecular flexibility index (Phi) is 6.99. The normalized spacial score (nSPS) is 11.7. The van der Waals surface area contributed by atoms with E-state index >= 15 is 0 Å². The number of nitrogens with two attached hydrogens (primary N) is 1. The summed E-state index contributed by atoms with van der Waals surface area (Å²) < 4.78 is 59.9. The van der Waals surface area contributed by atoms with Crippen LogP contribution in [-0.2, 0) is 25.9 Å². The van der Waals surface area contributed by atoms with E-state index in [4.69, 9.17) is 5.73 Å². The largest absolute Gasteiger partial charge is 0.366 e. The SMILES string of the molecule is NC(=O)c1cc(NS(=O)(=O)Cc2ccccc2)cc(C(=O)Nc2cccc3cc(S(=O)(=O)O)ccc23)c1. The highest BCUT2D eigenvalue weighted by atomic mass is 32.2. The first-order valence-electron chi connectivity index (χ1n) is 10.7. The van der Waals surface area contributed by atoms with E-state index in [1.165, 1.54) is 36.4 Å². The first kappa shape index (κ1) is 25.8. The lowest BCUT2D eigenvalue weighted by Crippen LogP contribution is -2.19. The van der Waals surface area contributed by atoms with Crippen LogP contribution in [0.5, 0.6) is 0 Å². The average molecular weight is 540 g/mol. The van der Waals surface area contributed by atoms with Crippen LogP contribution in [0.15, 0.2) is 89.8 Å². The summed E-state index contributed by atoms with van der Waals surface area (Å²) in [5.41, 5.74) is 6.12. The topological polar surface area (TPSA) is 173 Å². The molecule has 12 heteroatoms. The highest BCUT2D eigenvalue weighted by molar-refractivity contribution is 7.91. The zero-order valence-corrected chi connectivity index (χ0v) is 20.7. The van der Waals surface area contributed by atoms with E-state index in [1.54, 1.807) is 48.5 Å². The lowest BCUT2D eigenvalue weighted by molar-refractivity contribution is 0.1000. The van der Waals surface area contributed by atoms with Gasteiger partial charge in [0.15, 0.2) is 0 Å². The van der Waals surface area contributed by atoms with Gasteiger partial charge >= 0.3 is 0 Å². The standard InChI is InChI=1S/C25H21N3O7S2/c26-24(29)18-11-19(13-20(12-18)28-36(31,32)15-16-5-2-1-3-6-16)25(30)27-23-8-4-7-17-14-21(37(33,34)35)9-10-22(17)23/h1-14,28H,15H2,(H2,26,29)(H,27,30)(H,33,34,35). The maximum absolute atomic E-state index is 13.1. The van der Waals surface area contributed by atoms with Crippen LogP contribution < -0.4 is 15.8 Å². The number of carbonyl (C=O) groups excluding carboxylic acids is 2. The van der Waals surface area contributed by atoms with Crippen molar-refractivity contribution in [2.24, 2.45) is 5.73 Å². The molecule has 0 aliphatic rings. The maximum atomic E-state index is 13.1. The smallest absolute Gasteiger partial charge is 0.294 e. The number of rotatable bonds is 8. The van der Waals surface area contributed by atoms with Crippen molar-refractivity contribution in [3.8, 4) is 0 Å². The van der Waals surface area contributed by atoms with Crippen molar-refractivity contribution < 1.29 is 31.0 Å². The predicted octanol–water partition coefficient (Wildman–Crippen LogP) is 3.38. The molecule has 0 saturated heterocycles. The Hall–Kier alpha value is -4.26. The monoisotopic (exact) mass is 539 g/mol. The highest BCUT2D eigenvalue weighted by Gasteiger charge is 2.18. The van der Waals surface area contributed by atoms with E-state index in [0.717, 1.165) is 0 Å². The lowest BCUT2D eigenvalue weighted by atomic mass is 10.1. The molecular formula is C25H21N3O7S2. The maximum Gasteiger partial charge on any atom is 0.294 e. The Labute approximate surface area is 212 Å². The molecule has 0 aliphatic heterocycles.